The Bertz CT molecular complexity index is 765. The van der Waals surface area contributed by atoms with Crippen LogP contribution in [0.2, 0.25) is 0 Å². The first-order valence-corrected chi connectivity index (χ1v) is 9.65. The van der Waals surface area contributed by atoms with Gasteiger partial charge in [-0.25, -0.2) is 13.0 Å². The molecule has 0 aromatic carbocycles. The Hall–Kier alpha value is -1.18. The maximum atomic E-state index is 12.3. The number of hydrogen-bond acceptors (Lipinski definition) is 5. The lowest BCUT2D eigenvalue weighted by molar-refractivity contribution is -0.676. The molecule has 140 valence electrons. The summed E-state index contributed by atoms with van der Waals surface area (Å²) in [5.41, 5.74) is -5.65. The van der Waals surface area contributed by atoms with Gasteiger partial charge in [0, 0.05) is 20.0 Å². The molecule has 0 saturated carbocycles. The third-order valence-corrected chi connectivity index (χ3v) is 5.90. The van der Waals surface area contributed by atoms with Crippen molar-refractivity contribution in [3.05, 3.63) is 18.2 Å². The van der Waals surface area contributed by atoms with Crippen molar-refractivity contribution >= 4 is 20.3 Å². The number of alkyl halides is 3. The van der Waals surface area contributed by atoms with Gasteiger partial charge in [0.1, 0.15) is 12.4 Å². The fraction of sp³-hybridized carbons (Fsp3) is 0.727. The number of imidazole rings is 1. The zero-order valence-corrected chi connectivity index (χ0v) is 14.7. The van der Waals surface area contributed by atoms with E-state index in [2.05, 4.69) is 0 Å². The molecule has 0 spiro atoms. The number of piperidine rings is 1. The summed E-state index contributed by atoms with van der Waals surface area (Å²) in [5.74, 6) is 0.727. The van der Waals surface area contributed by atoms with Gasteiger partial charge >= 0.3 is 15.7 Å². The maximum Gasteiger partial charge on any atom is 0.485 e. The van der Waals surface area contributed by atoms with Crippen molar-refractivity contribution < 1.29 is 39.1 Å². The minimum Gasteiger partial charge on any atom is -0.741 e. The summed E-state index contributed by atoms with van der Waals surface area (Å²) in [7, 11) is -7.59. The van der Waals surface area contributed by atoms with Crippen LogP contribution >= 0.6 is 0 Å². The fourth-order valence-electron chi connectivity index (χ4n) is 2.00. The van der Waals surface area contributed by atoms with E-state index in [-0.39, 0.29) is 0 Å². The number of halogens is 3. The monoisotopic (exact) mass is 393 g/mol. The van der Waals surface area contributed by atoms with E-state index < -0.39 is 25.8 Å². The first-order valence-electron chi connectivity index (χ1n) is 6.85. The average molecular weight is 393 g/mol. The van der Waals surface area contributed by atoms with Gasteiger partial charge in [0.15, 0.2) is 10.1 Å². The molecule has 2 rings (SSSR count). The molecule has 1 aliphatic rings. The number of nitrogens with zero attached hydrogens (tertiary/aromatic N) is 3. The van der Waals surface area contributed by atoms with E-state index in [1.54, 1.807) is 16.7 Å². The summed E-state index contributed by atoms with van der Waals surface area (Å²) >= 11 is 0. The normalized spacial score (nSPS) is 17.2. The van der Waals surface area contributed by atoms with Crippen LogP contribution in [0.5, 0.6) is 0 Å². The molecular weight excluding hydrogens is 375 g/mol. The van der Waals surface area contributed by atoms with Gasteiger partial charge in [0.25, 0.3) is 5.82 Å². The third kappa shape index (κ3) is 4.91. The zero-order chi connectivity index (χ0) is 18.8. The summed E-state index contributed by atoms with van der Waals surface area (Å²) in [6.07, 6.45) is 6.43. The second kappa shape index (κ2) is 7.37. The molecule has 1 aromatic heterocycles. The van der Waals surface area contributed by atoms with Gasteiger partial charge in [-0.05, 0) is 12.8 Å². The second-order valence-electron chi connectivity index (χ2n) is 5.12. The highest BCUT2D eigenvalue weighted by atomic mass is 32.2. The SMILES string of the molecule is Cc1n(S(=O)(=O)N2CCCCC2)cc[n+]1C.O=S(=O)([O-])C(F)(F)F. The lowest BCUT2D eigenvalue weighted by atomic mass is 10.2. The van der Waals surface area contributed by atoms with Crippen molar-refractivity contribution in [3.63, 3.8) is 0 Å². The molecule has 2 heterocycles. The molecule has 0 amide bonds. The number of aromatic nitrogens is 2. The summed E-state index contributed by atoms with van der Waals surface area (Å²) in [4.78, 5) is 0. The Kier molecular flexibility index (Phi) is 6.41. The minimum absolute atomic E-state index is 0.643. The van der Waals surface area contributed by atoms with E-state index in [0.717, 1.165) is 25.1 Å². The lowest BCUT2D eigenvalue weighted by Crippen LogP contribution is -2.41. The molecule has 0 unspecified atom stereocenters. The zero-order valence-electron chi connectivity index (χ0n) is 13.0. The van der Waals surface area contributed by atoms with Crippen LogP contribution in [0.3, 0.4) is 0 Å². The predicted molar refractivity (Wildman–Crippen MR) is 75.8 cm³/mol. The van der Waals surface area contributed by atoms with Crippen molar-refractivity contribution in [2.45, 2.75) is 31.7 Å². The Morgan fingerprint density at radius 3 is 1.92 bits per heavy atom. The first-order chi connectivity index (χ1) is 10.8. The molecule has 0 atom stereocenters. The maximum absolute atomic E-state index is 12.3. The second-order valence-corrected chi connectivity index (χ2v) is 8.30. The van der Waals surface area contributed by atoms with Crippen LogP contribution in [-0.2, 0) is 27.4 Å². The largest absolute Gasteiger partial charge is 0.741 e. The number of hydrogen-bond donors (Lipinski definition) is 0. The molecule has 0 N–H and O–H groups in total. The molecule has 8 nitrogen and oxygen atoms in total. The van der Waals surface area contributed by atoms with Gasteiger partial charge in [-0.2, -0.15) is 25.9 Å². The molecule has 1 aliphatic heterocycles. The number of rotatable bonds is 2. The van der Waals surface area contributed by atoms with Crippen LogP contribution < -0.4 is 4.57 Å². The Morgan fingerprint density at radius 2 is 1.58 bits per heavy atom. The topological polar surface area (TPSA) is 103 Å². The molecule has 0 radical (unpaired) electrons. The van der Waals surface area contributed by atoms with E-state index in [0.29, 0.717) is 13.1 Å². The molecule has 24 heavy (non-hydrogen) atoms. The Labute approximate surface area is 138 Å². The van der Waals surface area contributed by atoms with Crippen LogP contribution in [0, 0.1) is 6.92 Å². The lowest BCUT2D eigenvalue weighted by Gasteiger charge is -2.23. The standard InChI is InChI=1S/C10H18N3O2S.CHF3O3S/c1-10-11(2)8-9-13(10)16(14,15)12-6-4-3-5-7-12;2-1(3,4)8(5,6)7/h8-9H,3-7H2,1-2H3;(H,5,6,7)/q+1;/p-1. The van der Waals surface area contributed by atoms with Crippen LogP contribution in [0.1, 0.15) is 25.1 Å². The van der Waals surface area contributed by atoms with E-state index in [9.17, 15) is 21.6 Å². The van der Waals surface area contributed by atoms with Gasteiger partial charge in [-0.15, -0.1) is 3.97 Å². The predicted octanol–water partition coefficient (Wildman–Crippen LogP) is 0.251. The minimum atomic E-state index is -6.09. The van der Waals surface area contributed by atoms with Crippen LogP contribution in [0.15, 0.2) is 12.4 Å². The van der Waals surface area contributed by atoms with E-state index in [4.69, 9.17) is 13.0 Å². The van der Waals surface area contributed by atoms with Crippen LogP contribution in [-0.4, -0.2) is 48.3 Å². The average Bonchev–Trinajstić information content (AvgIpc) is 2.79. The van der Waals surface area contributed by atoms with E-state index in [1.165, 1.54) is 3.97 Å². The van der Waals surface area contributed by atoms with Crippen molar-refractivity contribution in [1.82, 2.24) is 8.28 Å². The Morgan fingerprint density at radius 1 is 1.12 bits per heavy atom. The van der Waals surface area contributed by atoms with Gasteiger partial charge in [0.05, 0.1) is 7.05 Å². The van der Waals surface area contributed by atoms with E-state index in [1.807, 2.05) is 18.5 Å². The highest BCUT2D eigenvalue weighted by Gasteiger charge is 2.37. The van der Waals surface area contributed by atoms with Gasteiger partial charge in [-0.3, -0.25) is 0 Å². The van der Waals surface area contributed by atoms with Crippen molar-refractivity contribution in [3.8, 4) is 0 Å². The van der Waals surface area contributed by atoms with Crippen molar-refractivity contribution in [2.75, 3.05) is 13.1 Å². The van der Waals surface area contributed by atoms with Gasteiger partial charge in [0.2, 0.25) is 0 Å². The quantitative estimate of drug-likeness (QED) is 0.407. The van der Waals surface area contributed by atoms with Crippen molar-refractivity contribution in [2.24, 2.45) is 7.05 Å². The molecule has 0 bridgehead atoms. The third-order valence-electron chi connectivity index (χ3n) is 3.43. The van der Waals surface area contributed by atoms with Crippen LogP contribution in [0.25, 0.3) is 0 Å². The highest BCUT2D eigenvalue weighted by molar-refractivity contribution is 7.87. The summed E-state index contributed by atoms with van der Waals surface area (Å²) < 4.78 is 88.2. The highest BCUT2D eigenvalue weighted by Crippen LogP contribution is 2.20. The molecule has 1 fully saturated rings. The van der Waals surface area contributed by atoms with Crippen LogP contribution in [0.4, 0.5) is 13.2 Å². The first kappa shape index (κ1) is 20.9. The Balaban J connectivity index is 0.000000307. The summed E-state index contributed by atoms with van der Waals surface area (Å²) in [6.45, 7) is 3.09. The van der Waals surface area contributed by atoms with Crippen molar-refractivity contribution in [1.29, 1.82) is 0 Å². The summed E-state index contributed by atoms with van der Waals surface area (Å²) in [6, 6.07) is 0. The molecule has 13 heteroatoms. The van der Waals surface area contributed by atoms with Gasteiger partial charge in [-0.1, -0.05) is 6.42 Å². The van der Waals surface area contributed by atoms with E-state index >= 15 is 0 Å². The molecule has 1 aromatic rings. The molecule has 1 saturated heterocycles. The molecular formula is C11H18F3N3O5S2. The number of aryl methyl sites for hydroxylation is 1. The smallest absolute Gasteiger partial charge is 0.485 e. The molecule has 0 aliphatic carbocycles. The van der Waals surface area contributed by atoms with Gasteiger partial charge < -0.3 is 4.55 Å². The fourth-order valence-corrected chi connectivity index (χ4v) is 3.64. The summed E-state index contributed by atoms with van der Waals surface area (Å²) in [5, 5.41) is 0.